The second-order valence-corrected chi connectivity index (χ2v) is 5.48. The van der Waals surface area contributed by atoms with Crippen molar-refractivity contribution in [1.29, 1.82) is 0 Å². The van der Waals surface area contributed by atoms with E-state index in [1.165, 1.54) is 12.1 Å². The Balaban J connectivity index is 0.00000220. The van der Waals surface area contributed by atoms with Gasteiger partial charge in [-0.25, -0.2) is 9.38 Å². The number of aliphatic imine (C=N–C) groups is 1. The molecular weight excluding hydrogens is 384 g/mol. The van der Waals surface area contributed by atoms with E-state index in [4.69, 9.17) is 4.74 Å². The average Bonchev–Trinajstić information content (AvgIpc) is 2.41. The molecule has 21 heavy (non-hydrogen) atoms. The standard InChI is InChI=1S/C15H22FN3O.HI/c1-3-17-14(19-9-15(2)10-20-11-15)18-8-12-4-6-13(16)7-5-12;/h4-7H,3,8-11H2,1-2H3,(H2,17,18,19);1H. The highest BCUT2D eigenvalue weighted by Crippen LogP contribution is 2.24. The van der Waals surface area contributed by atoms with E-state index in [1.54, 1.807) is 12.1 Å². The van der Waals surface area contributed by atoms with Crippen molar-refractivity contribution in [2.24, 2.45) is 10.4 Å². The van der Waals surface area contributed by atoms with E-state index >= 15 is 0 Å². The Hall–Kier alpha value is -0.890. The normalized spacial score (nSPS) is 16.6. The molecule has 6 heteroatoms. The SMILES string of the molecule is CCNC(=NCc1ccc(F)cc1)NCC1(C)COC1.I. The van der Waals surface area contributed by atoms with Crippen molar-refractivity contribution in [3.8, 4) is 0 Å². The van der Waals surface area contributed by atoms with Gasteiger partial charge in [0.2, 0.25) is 0 Å². The number of halogens is 2. The summed E-state index contributed by atoms with van der Waals surface area (Å²) in [5.41, 5.74) is 1.19. The average molecular weight is 407 g/mol. The number of hydrogen-bond acceptors (Lipinski definition) is 2. The molecule has 1 saturated heterocycles. The van der Waals surface area contributed by atoms with Gasteiger partial charge in [-0.05, 0) is 24.6 Å². The third kappa shape index (κ3) is 5.78. The van der Waals surface area contributed by atoms with Crippen LogP contribution in [0.15, 0.2) is 29.3 Å². The monoisotopic (exact) mass is 407 g/mol. The molecular formula is C15H23FIN3O. The molecule has 2 N–H and O–H groups in total. The Morgan fingerprint density at radius 1 is 1.29 bits per heavy atom. The minimum absolute atomic E-state index is 0. The smallest absolute Gasteiger partial charge is 0.191 e. The van der Waals surface area contributed by atoms with Gasteiger partial charge in [0.1, 0.15) is 5.82 Å². The van der Waals surface area contributed by atoms with E-state index in [0.717, 1.165) is 37.8 Å². The summed E-state index contributed by atoms with van der Waals surface area (Å²) in [7, 11) is 0. The van der Waals surface area contributed by atoms with E-state index in [-0.39, 0.29) is 35.2 Å². The largest absolute Gasteiger partial charge is 0.380 e. The lowest BCUT2D eigenvalue weighted by molar-refractivity contribution is -0.0971. The highest BCUT2D eigenvalue weighted by atomic mass is 127. The van der Waals surface area contributed by atoms with Crippen molar-refractivity contribution < 1.29 is 9.13 Å². The molecule has 1 aromatic carbocycles. The fourth-order valence-electron chi connectivity index (χ4n) is 1.95. The molecule has 1 aliphatic rings. The van der Waals surface area contributed by atoms with Crippen LogP contribution in [0.3, 0.4) is 0 Å². The quantitative estimate of drug-likeness (QED) is 0.448. The van der Waals surface area contributed by atoms with E-state index in [9.17, 15) is 4.39 Å². The lowest BCUT2D eigenvalue weighted by Crippen LogP contribution is -2.51. The molecule has 0 saturated carbocycles. The number of nitrogens with one attached hydrogen (secondary N) is 2. The molecule has 2 rings (SSSR count). The Kier molecular flexibility index (Phi) is 7.37. The van der Waals surface area contributed by atoms with Gasteiger partial charge in [0, 0.05) is 18.5 Å². The maximum Gasteiger partial charge on any atom is 0.191 e. The maximum absolute atomic E-state index is 12.8. The van der Waals surface area contributed by atoms with Gasteiger partial charge in [-0.3, -0.25) is 0 Å². The molecule has 0 bridgehead atoms. The molecule has 0 aliphatic carbocycles. The van der Waals surface area contributed by atoms with Gasteiger partial charge in [-0.15, -0.1) is 24.0 Å². The first-order valence-corrected chi connectivity index (χ1v) is 6.96. The second kappa shape index (κ2) is 8.53. The van der Waals surface area contributed by atoms with Crippen molar-refractivity contribution >= 4 is 29.9 Å². The van der Waals surface area contributed by atoms with Gasteiger partial charge in [0.05, 0.1) is 19.8 Å². The first kappa shape index (κ1) is 18.2. The van der Waals surface area contributed by atoms with Crippen molar-refractivity contribution in [3.63, 3.8) is 0 Å². The maximum atomic E-state index is 12.8. The van der Waals surface area contributed by atoms with Crippen LogP contribution in [0.25, 0.3) is 0 Å². The molecule has 1 heterocycles. The number of rotatable bonds is 5. The summed E-state index contributed by atoms with van der Waals surface area (Å²) in [6, 6.07) is 6.42. The highest BCUT2D eigenvalue weighted by molar-refractivity contribution is 14.0. The Bertz CT molecular complexity index is 460. The zero-order valence-corrected chi connectivity index (χ0v) is 14.8. The summed E-state index contributed by atoms with van der Waals surface area (Å²) in [6.07, 6.45) is 0. The minimum atomic E-state index is -0.222. The molecule has 1 aliphatic heterocycles. The van der Waals surface area contributed by atoms with Crippen molar-refractivity contribution in [3.05, 3.63) is 35.6 Å². The fraction of sp³-hybridized carbons (Fsp3) is 0.533. The van der Waals surface area contributed by atoms with Crippen molar-refractivity contribution in [1.82, 2.24) is 10.6 Å². The fourth-order valence-corrected chi connectivity index (χ4v) is 1.95. The van der Waals surface area contributed by atoms with Crippen LogP contribution in [0.2, 0.25) is 0 Å². The van der Waals surface area contributed by atoms with Gasteiger partial charge >= 0.3 is 0 Å². The van der Waals surface area contributed by atoms with Crippen molar-refractivity contribution in [2.45, 2.75) is 20.4 Å². The summed E-state index contributed by atoms with van der Waals surface area (Å²) >= 11 is 0. The Morgan fingerprint density at radius 2 is 1.95 bits per heavy atom. The zero-order valence-electron chi connectivity index (χ0n) is 12.5. The topological polar surface area (TPSA) is 45.7 Å². The molecule has 0 unspecified atom stereocenters. The van der Waals surface area contributed by atoms with Gasteiger partial charge in [0.15, 0.2) is 5.96 Å². The summed E-state index contributed by atoms with van der Waals surface area (Å²) in [5, 5.41) is 6.54. The van der Waals surface area contributed by atoms with Crippen LogP contribution in [0.4, 0.5) is 4.39 Å². The molecule has 0 spiro atoms. The number of ether oxygens (including phenoxy) is 1. The Labute approximate surface area is 142 Å². The molecule has 1 aromatic rings. The van der Waals surface area contributed by atoms with Crippen LogP contribution in [0.5, 0.6) is 0 Å². The first-order valence-electron chi connectivity index (χ1n) is 6.96. The lowest BCUT2D eigenvalue weighted by atomic mass is 9.89. The molecule has 0 amide bonds. The Morgan fingerprint density at radius 3 is 2.48 bits per heavy atom. The van der Waals surface area contributed by atoms with E-state index in [0.29, 0.717) is 6.54 Å². The third-order valence-electron chi connectivity index (χ3n) is 3.26. The molecule has 1 fully saturated rings. The minimum Gasteiger partial charge on any atom is -0.380 e. The molecule has 0 aromatic heterocycles. The van der Waals surface area contributed by atoms with E-state index in [2.05, 4.69) is 22.5 Å². The second-order valence-electron chi connectivity index (χ2n) is 5.48. The zero-order chi connectivity index (χ0) is 14.4. The lowest BCUT2D eigenvalue weighted by Gasteiger charge is -2.38. The van der Waals surface area contributed by atoms with E-state index in [1.807, 2.05) is 6.92 Å². The molecule has 118 valence electrons. The number of benzene rings is 1. The molecule has 0 atom stereocenters. The van der Waals surface area contributed by atoms with Crippen LogP contribution in [-0.4, -0.2) is 32.3 Å². The first-order chi connectivity index (χ1) is 9.61. The van der Waals surface area contributed by atoms with Crippen LogP contribution < -0.4 is 10.6 Å². The van der Waals surface area contributed by atoms with Crippen LogP contribution in [0, 0.1) is 11.2 Å². The van der Waals surface area contributed by atoms with Gasteiger partial charge in [-0.1, -0.05) is 19.1 Å². The summed E-state index contributed by atoms with van der Waals surface area (Å²) < 4.78 is 18.1. The van der Waals surface area contributed by atoms with Crippen LogP contribution >= 0.6 is 24.0 Å². The number of hydrogen-bond donors (Lipinski definition) is 2. The summed E-state index contributed by atoms with van der Waals surface area (Å²) in [4.78, 5) is 4.51. The predicted octanol–water partition coefficient (Wildman–Crippen LogP) is 2.54. The van der Waals surface area contributed by atoms with Gasteiger partial charge in [0.25, 0.3) is 0 Å². The predicted molar refractivity (Wildman–Crippen MR) is 93.6 cm³/mol. The summed E-state index contributed by atoms with van der Waals surface area (Å²) in [6.45, 7) is 7.97. The van der Waals surface area contributed by atoms with E-state index < -0.39 is 0 Å². The number of nitrogens with zero attached hydrogens (tertiary/aromatic N) is 1. The van der Waals surface area contributed by atoms with Gasteiger partial charge in [-0.2, -0.15) is 0 Å². The van der Waals surface area contributed by atoms with Crippen LogP contribution in [0.1, 0.15) is 19.4 Å². The third-order valence-corrected chi connectivity index (χ3v) is 3.26. The summed E-state index contributed by atoms with van der Waals surface area (Å²) in [5.74, 6) is 0.561. The number of guanidine groups is 1. The highest BCUT2D eigenvalue weighted by Gasteiger charge is 2.33. The molecule has 4 nitrogen and oxygen atoms in total. The van der Waals surface area contributed by atoms with Crippen molar-refractivity contribution in [2.75, 3.05) is 26.3 Å². The van der Waals surface area contributed by atoms with Crippen LogP contribution in [-0.2, 0) is 11.3 Å². The molecule has 0 radical (unpaired) electrons. The van der Waals surface area contributed by atoms with Gasteiger partial charge < -0.3 is 15.4 Å².